The van der Waals surface area contributed by atoms with Crippen LogP contribution in [0.2, 0.25) is 0 Å². The molecule has 2 aromatic rings. The molecule has 7 heteroatoms. The van der Waals surface area contributed by atoms with E-state index in [0.29, 0.717) is 23.6 Å². The molecule has 6 nitrogen and oxygen atoms in total. The van der Waals surface area contributed by atoms with E-state index in [2.05, 4.69) is 10.0 Å². The first-order valence-corrected chi connectivity index (χ1v) is 10.0. The summed E-state index contributed by atoms with van der Waals surface area (Å²) >= 11 is 0. The van der Waals surface area contributed by atoms with Gasteiger partial charge in [0.25, 0.3) is 15.9 Å². The van der Waals surface area contributed by atoms with Crippen LogP contribution in [0.25, 0.3) is 0 Å². The fourth-order valence-electron chi connectivity index (χ4n) is 2.19. The maximum atomic E-state index is 12.4. The largest absolute Gasteiger partial charge is 0.494 e. The Morgan fingerprint density at radius 3 is 2.19 bits per heavy atom. The minimum atomic E-state index is -3.71. The number of benzene rings is 2. The van der Waals surface area contributed by atoms with Crippen molar-refractivity contribution in [1.29, 1.82) is 0 Å². The molecule has 0 bridgehead atoms. The topological polar surface area (TPSA) is 84.5 Å². The summed E-state index contributed by atoms with van der Waals surface area (Å²) in [5.74, 6) is 0.434. The van der Waals surface area contributed by atoms with Crippen molar-refractivity contribution in [3.63, 3.8) is 0 Å². The molecule has 140 valence electrons. The van der Waals surface area contributed by atoms with Gasteiger partial charge in [-0.05, 0) is 68.8 Å². The Kier molecular flexibility index (Phi) is 6.63. The van der Waals surface area contributed by atoms with E-state index >= 15 is 0 Å². The number of carbonyl (C=O) groups excluding carboxylic acids is 1. The van der Waals surface area contributed by atoms with Gasteiger partial charge < -0.3 is 10.1 Å². The zero-order chi connectivity index (χ0) is 19.2. The van der Waals surface area contributed by atoms with E-state index in [1.807, 2.05) is 20.8 Å². The van der Waals surface area contributed by atoms with Crippen molar-refractivity contribution in [2.24, 2.45) is 0 Å². The molecular weight excluding hydrogens is 352 g/mol. The van der Waals surface area contributed by atoms with Crippen molar-refractivity contribution in [3.05, 3.63) is 54.1 Å². The van der Waals surface area contributed by atoms with E-state index < -0.39 is 10.0 Å². The standard InChI is InChI=1S/C19H24N2O4S/c1-4-14(3)20-19(22)15-6-8-16(9-7-15)21-26(23,24)18-12-10-17(11-13-18)25-5-2/h6-14,21H,4-5H2,1-3H3,(H,20,22). The molecule has 2 rings (SSSR count). The molecule has 0 spiro atoms. The van der Waals surface area contributed by atoms with Gasteiger partial charge in [0.05, 0.1) is 11.5 Å². The fourth-order valence-corrected chi connectivity index (χ4v) is 3.25. The van der Waals surface area contributed by atoms with Crippen molar-refractivity contribution < 1.29 is 17.9 Å². The molecule has 2 aromatic carbocycles. The SMILES string of the molecule is CCOc1ccc(S(=O)(=O)Nc2ccc(C(=O)NC(C)CC)cc2)cc1. The van der Waals surface area contributed by atoms with Crippen molar-refractivity contribution in [2.45, 2.75) is 38.1 Å². The first kappa shape index (κ1) is 19.8. The van der Waals surface area contributed by atoms with E-state index in [9.17, 15) is 13.2 Å². The molecular formula is C19H24N2O4S. The van der Waals surface area contributed by atoms with E-state index in [0.717, 1.165) is 6.42 Å². The number of anilines is 1. The molecule has 2 N–H and O–H groups in total. The first-order valence-electron chi connectivity index (χ1n) is 8.52. The lowest BCUT2D eigenvalue weighted by Crippen LogP contribution is -2.31. The second kappa shape index (κ2) is 8.71. The number of hydrogen-bond donors (Lipinski definition) is 2. The number of carbonyl (C=O) groups is 1. The van der Waals surface area contributed by atoms with Gasteiger partial charge >= 0.3 is 0 Å². The zero-order valence-electron chi connectivity index (χ0n) is 15.2. The minimum Gasteiger partial charge on any atom is -0.494 e. The van der Waals surface area contributed by atoms with Crippen LogP contribution in [0.5, 0.6) is 5.75 Å². The molecule has 0 radical (unpaired) electrons. The van der Waals surface area contributed by atoms with Crippen LogP contribution in [-0.4, -0.2) is 27.0 Å². The van der Waals surface area contributed by atoms with Crippen molar-refractivity contribution in [1.82, 2.24) is 5.32 Å². The van der Waals surface area contributed by atoms with Gasteiger partial charge in [-0.3, -0.25) is 9.52 Å². The van der Waals surface area contributed by atoms with Crippen LogP contribution in [0, 0.1) is 0 Å². The Morgan fingerprint density at radius 2 is 1.65 bits per heavy atom. The van der Waals surface area contributed by atoms with Crippen LogP contribution in [-0.2, 0) is 10.0 Å². The zero-order valence-corrected chi connectivity index (χ0v) is 16.0. The molecule has 1 unspecified atom stereocenters. The third-order valence-corrected chi connectivity index (χ3v) is 5.23. The van der Waals surface area contributed by atoms with Crippen molar-refractivity contribution >= 4 is 21.6 Å². The molecule has 0 aliphatic carbocycles. The second-order valence-corrected chi connectivity index (χ2v) is 7.55. The first-order chi connectivity index (χ1) is 12.4. The smallest absolute Gasteiger partial charge is 0.261 e. The molecule has 1 atom stereocenters. The predicted molar refractivity (Wildman–Crippen MR) is 102 cm³/mol. The van der Waals surface area contributed by atoms with Crippen LogP contribution < -0.4 is 14.8 Å². The van der Waals surface area contributed by atoms with Crippen LogP contribution in [0.3, 0.4) is 0 Å². The van der Waals surface area contributed by atoms with Gasteiger partial charge in [-0.1, -0.05) is 6.92 Å². The van der Waals surface area contributed by atoms with Crippen LogP contribution in [0.15, 0.2) is 53.4 Å². The fraction of sp³-hybridized carbons (Fsp3) is 0.316. The highest BCUT2D eigenvalue weighted by Crippen LogP contribution is 2.19. The third kappa shape index (κ3) is 5.23. The number of ether oxygens (including phenoxy) is 1. The summed E-state index contributed by atoms with van der Waals surface area (Å²) in [6, 6.07) is 12.6. The molecule has 0 saturated heterocycles. The van der Waals surface area contributed by atoms with E-state index in [1.54, 1.807) is 36.4 Å². The summed E-state index contributed by atoms with van der Waals surface area (Å²) in [7, 11) is -3.71. The minimum absolute atomic E-state index is 0.0836. The lowest BCUT2D eigenvalue weighted by molar-refractivity contribution is 0.0939. The number of nitrogens with one attached hydrogen (secondary N) is 2. The Hall–Kier alpha value is -2.54. The number of rotatable bonds is 8. The van der Waals surface area contributed by atoms with E-state index in [4.69, 9.17) is 4.74 Å². The maximum absolute atomic E-state index is 12.4. The third-order valence-electron chi connectivity index (χ3n) is 3.83. The van der Waals surface area contributed by atoms with Crippen LogP contribution in [0.4, 0.5) is 5.69 Å². The number of sulfonamides is 1. The Bertz CT molecular complexity index is 831. The van der Waals surface area contributed by atoms with Crippen molar-refractivity contribution in [2.75, 3.05) is 11.3 Å². The van der Waals surface area contributed by atoms with Gasteiger partial charge in [-0.25, -0.2) is 8.42 Å². The Balaban J connectivity index is 2.08. The quantitative estimate of drug-likeness (QED) is 0.739. The summed E-state index contributed by atoms with van der Waals surface area (Å²) < 4.78 is 32.7. The molecule has 1 amide bonds. The highest BCUT2D eigenvalue weighted by atomic mass is 32.2. The summed E-state index contributed by atoms with van der Waals surface area (Å²) in [4.78, 5) is 12.2. The second-order valence-electron chi connectivity index (χ2n) is 5.87. The average Bonchev–Trinajstić information content (AvgIpc) is 2.62. The van der Waals surface area contributed by atoms with Crippen molar-refractivity contribution in [3.8, 4) is 5.75 Å². The molecule has 0 heterocycles. The summed E-state index contributed by atoms with van der Waals surface area (Å²) in [5.41, 5.74) is 0.869. The van der Waals surface area contributed by atoms with Gasteiger partial charge in [0.1, 0.15) is 5.75 Å². The van der Waals surface area contributed by atoms with Crippen LogP contribution >= 0.6 is 0 Å². The lowest BCUT2D eigenvalue weighted by atomic mass is 10.1. The highest BCUT2D eigenvalue weighted by molar-refractivity contribution is 7.92. The number of amides is 1. The molecule has 0 saturated carbocycles. The maximum Gasteiger partial charge on any atom is 0.261 e. The lowest BCUT2D eigenvalue weighted by Gasteiger charge is -2.12. The van der Waals surface area contributed by atoms with Gasteiger partial charge in [0.2, 0.25) is 0 Å². The predicted octanol–water partition coefficient (Wildman–Crippen LogP) is 3.41. The summed E-state index contributed by atoms with van der Waals surface area (Å²) in [6.07, 6.45) is 0.839. The van der Waals surface area contributed by atoms with E-state index in [-0.39, 0.29) is 16.8 Å². The molecule has 0 aliphatic rings. The average molecular weight is 376 g/mol. The normalized spacial score (nSPS) is 12.3. The van der Waals surface area contributed by atoms with Gasteiger partial charge in [0.15, 0.2) is 0 Å². The Labute approximate surface area is 154 Å². The summed E-state index contributed by atoms with van der Waals surface area (Å²) in [5, 5.41) is 2.87. The number of hydrogen-bond acceptors (Lipinski definition) is 4. The van der Waals surface area contributed by atoms with Crippen LogP contribution in [0.1, 0.15) is 37.6 Å². The van der Waals surface area contributed by atoms with Gasteiger partial charge in [-0.2, -0.15) is 0 Å². The molecule has 26 heavy (non-hydrogen) atoms. The van der Waals surface area contributed by atoms with Gasteiger partial charge in [-0.15, -0.1) is 0 Å². The summed E-state index contributed by atoms with van der Waals surface area (Å²) in [6.45, 7) is 6.29. The monoisotopic (exact) mass is 376 g/mol. The molecule has 0 aromatic heterocycles. The van der Waals surface area contributed by atoms with Gasteiger partial charge in [0, 0.05) is 17.3 Å². The highest BCUT2D eigenvalue weighted by Gasteiger charge is 2.15. The molecule has 0 fully saturated rings. The van der Waals surface area contributed by atoms with E-state index in [1.165, 1.54) is 12.1 Å². The Morgan fingerprint density at radius 1 is 1.04 bits per heavy atom. The molecule has 0 aliphatic heterocycles.